The highest BCUT2D eigenvalue weighted by Crippen LogP contribution is 2.36. The summed E-state index contributed by atoms with van der Waals surface area (Å²) in [6.07, 6.45) is 1.93. The van der Waals surface area contributed by atoms with Crippen LogP contribution in [0.4, 0.5) is 0 Å². The van der Waals surface area contributed by atoms with Gasteiger partial charge < -0.3 is 10.1 Å². The van der Waals surface area contributed by atoms with Gasteiger partial charge in [-0.25, -0.2) is 0 Å². The van der Waals surface area contributed by atoms with Gasteiger partial charge >= 0.3 is 0 Å². The van der Waals surface area contributed by atoms with E-state index in [9.17, 15) is 0 Å². The molecule has 2 heterocycles. The molecule has 1 aromatic rings. The van der Waals surface area contributed by atoms with Crippen LogP contribution in [0.25, 0.3) is 0 Å². The van der Waals surface area contributed by atoms with Gasteiger partial charge in [-0.05, 0) is 12.0 Å². The van der Waals surface area contributed by atoms with Gasteiger partial charge in [-0.1, -0.05) is 30.3 Å². The van der Waals surface area contributed by atoms with E-state index >= 15 is 0 Å². The van der Waals surface area contributed by atoms with Crippen LogP contribution >= 0.6 is 0 Å². The normalized spacial score (nSPS) is 36.8. The van der Waals surface area contributed by atoms with Crippen LogP contribution in [0.1, 0.15) is 19.5 Å². The lowest BCUT2D eigenvalue weighted by Crippen LogP contribution is -2.33. The Bertz CT molecular complexity index is 303. The minimum atomic E-state index is 0. The topological polar surface area (TPSA) is 21.3 Å². The number of hydrogen-bond acceptors (Lipinski definition) is 2. The molecule has 70 valence electrons. The van der Waals surface area contributed by atoms with Crippen molar-refractivity contribution in [3.05, 3.63) is 35.9 Å². The van der Waals surface area contributed by atoms with Crippen LogP contribution < -0.4 is 5.32 Å². The minimum Gasteiger partial charge on any atom is -0.367 e. The molecule has 0 amide bonds. The third-order valence-electron chi connectivity index (χ3n) is 2.96. The lowest BCUT2D eigenvalue weighted by Gasteiger charge is -2.23. The molecule has 0 aliphatic carbocycles. The van der Waals surface area contributed by atoms with Gasteiger partial charge in [-0.2, -0.15) is 0 Å². The zero-order chi connectivity index (χ0) is 8.67. The number of morpholine rings is 1. The molecule has 0 saturated carbocycles. The molecule has 2 bridgehead atoms. The zero-order valence-corrected chi connectivity index (χ0v) is 7.44. The predicted octanol–water partition coefficient (Wildman–Crippen LogP) is 1.73. The number of nitrogens with one attached hydrogen (secondary N) is 1. The average Bonchev–Trinajstić information content (AvgIpc) is 2.80. The van der Waals surface area contributed by atoms with Crippen LogP contribution in [0.2, 0.25) is 0 Å². The molecule has 13 heavy (non-hydrogen) atoms. The molecule has 2 aliphatic rings. The summed E-state index contributed by atoms with van der Waals surface area (Å²) in [4.78, 5) is 0. The Morgan fingerprint density at radius 1 is 1.31 bits per heavy atom. The van der Waals surface area contributed by atoms with E-state index in [1.165, 1.54) is 12.0 Å². The predicted molar refractivity (Wildman–Crippen MR) is 52.6 cm³/mol. The Balaban J connectivity index is 0.000000750. The van der Waals surface area contributed by atoms with Gasteiger partial charge in [0.1, 0.15) is 0 Å². The Morgan fingerprint density at radius 3 is 2.77 bits per heavy atom. The first-order valence-electron chi connectivity index (χ1n) is 4.87. The Hall–Kier alpha value is -0.860. The maximum atomic E-state index is 5.88. The lowest BCUT2D eigenvalue weighted by molar-refractivity contribution is 0.0160. The van der Waals surface area contributed by atoms with Crippen LogP contribution in [-0.4, -0.2) is 18.7 Å². The van der Waals surface area contributed by atoms with E-state index in [-0.39, 0.29) is 1.43 Å². The summed E-state index contributed by atoms with van der Waals surface area (Å²) in [7, 11) is 0. The summed E-state index contributed by atoms with van der Waals surface area (Å²) < 4.78 is 5.88. The van der Waals surface area contributed by atoms with Crippen molar-refractivity contribution in [1.29, 1.82) is 0 Å². The summed E-state index contributed by atoms with van der Waals surface area (Å²) in [5.74, 6) is 0. The molecule has 1 aromatic carbocycles. The van der Waals surface area contributed by atoms with E-state index in [0.29, 0.717) is 18.2 Å². The molecular weight excluding hydrogens is 162 g/mol. The molecule has 3 rings (SSSR count). The van der Waals surface area contributed by atoms with Crippen LogP contribution in [0, 0.1) is 0 Å². The second-order valence-electron chi connectivity index (χ2n) is 3.84. The summed E-state index contributed by atoms with van der Waals surface area (Å²) in [5.41, 5.74) is 1.31. The maximum absolute atomic E-state index is 5.88. The fourth-order valence-corrected chi connectivity index (χ4v) is 2.32. The molecule has 2 saturated heterocycles. The zero-order valence-electron chi connectivity index (χ0n) is 7.44. The molecular formula is C11H15NO. The van der Waals surface area contributed by atoms with Gasteiger partial charge in [-0.3, -0.25) is 0 Å². The van der Waals surface area contributed by atoms with Crippen molar-refractivity contribution in [2.75, 3.05) is 6.54 Å². The molecule has 0 radical (unpaired) electrons. The molecule has 0 spiro atoms. The van der Waals surface area contributed by atoms with Crippen molar-refractivity contribution in [2.45, 2.75) is 24.7 Å². The number of hydrogen-bond donors (Lipinski definition) is 1. The van der Waals surface area contributed by atoms with Gasteiger partial charge in [-0.15, -0.1) is 0 Å². The highest BCUT2D eigenvalue weighted by atomic mass is 16.5. The van der Waals surface area contributed by atoms with E-state index in [2.05, 4.69) is 29.6 Å². The van der Waals surface area contributed by atoms with Crippen molar-refractivity contribution in [3.8, 4) is 0 Å². The van der Waals surface area contributed by atoms with Crippen LogP contribution in [-0.2, 0) is 4.74 Å². The monoisotopic (exact) mass is 177 g/mol. The highest BCUT2D eigenvalue weighted by Gasteiger charge is 2.40. The van der Waals surface area contributed by atoms with Gasteiger partial charge in [0.25, 0.3) is 0 Å². The first-order chi connectivity index (χ1) is 6.43. The van der Waals surface area contributed by atoms with Crippen LogP contribution in [0.15, 0.2) is 30.3 Å². The largest absolute Gasteiger partial charge is 0.367 e. The fourth-order valence-electron chi connectivity index (χ4n) is 2.32. The number of benzene rings is 1. The second-order valence-corrected chi connectivity index (χ2v) is 3.84. The fraction of sp³-hybridized carbons (Fsp3) is 0.455. The van der Waals surface area contributed by atoms with Gasteiger partial charge in [0.2, 0.25) is 0 Å². The quantitative estimate of drug-likeness (QED) is 0.705. The smallest absolute Gasteiger partial charge is 0.0983 e. The van der Waals surface area contributed by atoms with E-state index in [1.54, 1.807) is 0 Å². The Morgan fingerprint density at radius 2 is 2.15 bits per heavy atom. The third kappa shape index (κ3) is 1.18. The van der Waals surface area contributed by atoms with Crippen molar-refractivity contribution in [2.24, 2.45) is 0 Å². The summed E-state index contributed by atoms with van der Waals surface area (Å²) >= 11 is 0. The molecule has 2 unspecified atom stereocenters. The van der Waals surface area contributed by atoms with Crippen molar-refractivity contribution >= 4 is 0 Å². The SMILES string of the molecule is [HH].c1ccc([C@H]2OC3CNC2C3)cc1. The van der Waals surface area contributed by atoms with Gasteiger partial charge in [0, 0.05) is 14.0 Å². The molecule has 3 atom stereocenters. The van der Waals surface area contributed by atoms with E-state index in [1.807, 2.05) is 6.07 Å². The number of rotatable bonds is 1. The lowest BCUT2D eigenvalue weighted by atomic mass is 10.0. The van der Waals surface area contributed by atoms with Crippen molar-refractivity contribution < 1.29 is 6.16 Å². The summed E-state index contributed by atoms with van der Waals surface area (Å²) in [6, 6.07) is 11.0. The first-order valence-corrected chi connectivity index (χ1v) is 4.87. The molecule has 2 heteroatoms. The Labute approximate surface area is 79.4 Å². The summed E-state index contributed by atoms with van der Waals surface area (Å²) in [6.45, 7) is 1.04. The molecule has 2 nitrogen and oxygen atoms in total. The van der Waals surface area contributed by atoms with Crippen LogP contribution in [0.5, 0.6) is 0 Å². The maximum Gasteiger partial charge on any atom is 0.0983 e. The standard InChI is InChI=1S/C11H13NO.H2/c1-2-4-8(5-3-1)11-10-6-9(13-11)7-12-10;/h1-5,9-12H,6-7H2;1H/t9?,10?,11-;/m1./s1. The first kappa shape index (κ1) is 7.54. The Kier molecular flexibility index (Phi) is 1.64. The second kappa shape index (κ2) is 2.82. The average molecular weight is 177 g/mol. The van der Waals surface area contributed by atoms with Gasteiger partial charge in [0.15, 0.2) is 0 Å². The summed E-state index contributed by atoms with van der Waals surface area (Å²) in [5, 5.41) is 3.48. The number of fused-ring (bicyclic) bond motifs is 2. The third-order valence-corrected chi connectivity index (χ3v) is 2.96. The van der Waals surface area contributed by atoms with Crippen molar-refractivity contribution in [1.82, 2.24) is 5.32 Å². The highest BCUT2D eigenvalue weighted by molar-refractivity contribution is 5.21. The van der Waals surface area contributed by atoms with E-state index in [0.717, 1.165) is 6.54 Å². The van der Waals surface area contributed by atoms with Crippen molar-refractivity contribution in [3.63, 3.8) is 0 Å². The minimum absolute atomic E-state index is 0. The van der Waals surface area contributed by atoms with E-state index < -0.39 is 0 Å². The molecule has 2 fully saturated rings. The van der Waals surface area contributed by atoms with Gasteiger partial charge in [0.05, 0.1) is 12.2 Å². The van der Waals surface area contributed by atoms with E-state index in [4.69, 9.17) is 4.74 Å². The van der Waals surface area contributed by atoms with Crippen LogP contribution in [0.3, 0.4) is 0 Å². The number of ether oxygens (including phenoxy) is 1. The molecule has 1 N–H and O–H groups in total. The molecule has 2 aliphatic heterocycles. The molecule has 0 aromatic heterocycles.